The predicted octanol–water partition coefficient (Wildman–Crippen LogP) is 4.59. The highest BCUT2D eigenvalue weighted by Gasteiger charge is 2.32. The minimum Gasteiger partial charge on any atom is -0.338 e. The molecular formula is C21H42N2O2. The Hall–Kier alpha value is -1.06. The lowest BCUT2D eigenvalue weighted by molar-refractivity contribution is -0.130. The van der Waals surface area contributed by atoms with Gasteiger partial charge >= 0.3 is 0 Å². The van der Waals surface area contributed by atoms with Crippen LogP contribution in [-0.2, 0) is 9.59 Å². The smallest absolute Gasteiger partial charge is 0.225 e. The highest BCUT2D eigenvalue weighted by Crippen LogP contribution is 2.31. The summed E-state index contributed by atoms with van der Waals surface area (Å²) in [5.41, 5.74) is 0.00911. The molecule has 2 amide bonds. The van der Waals surface area contributed by atoms with E-state index in [9.17, 15) is 9.59 Å². The third-order valence-electron chi connectivity index (χ3n) is 4.57. The lowest BCUT2D eigenvalue weighted by atomic mass is 9.76. The average molecular weight is 355 g/mol. The van der Waals surface area contributed by atoms with Crippen LogP contribution in [-0.4, -0.2) is 18.5 Å². The molecule has 0 aliphatic heterocycles. The monoisotopic (exact) mass is 354 g/mol. The van der Waals surface area contributed by atoms with Crippen molar-refractivity contribution in [2.75, 3.05) is 6.67 Å². The standard InChI is InChI=1S/C21H42N2O2/c1-14(2)11-17(21(8,9)10)19(25)23-13-22-18(24)16(15(3)4)12-20(5,6)7/h14-17H,11-13H2,1-10H3,(H,22,24)(H,23,25). The van der Waals surface area contributed by atoms with Crippen LogP contribution in [0, 0.1) is 34.5 Å². The van der Waals surface area contributed by atoms with Crippen LogP contribution in [0.5, 0.6) is 0 Å². The Kier molecular flexibility index (Phi) is 9.18. The van der Waals surface area contributed by atoms with Crippen molar-refractivity contribution in [3.05, 3.63) is 0 Å². The zero-order valence-corrected chi connectivity index (χ0v) is 18.2. The van der Waals surface area contributed by atoms with Crippen LogP contribution in [0.1, 0.15) is 82.1 Å². The van der Waals surface area contributed by atoms with E-state index in [1.807, 2.05) is 0 Å². The quantitative estimate of drug-likeness (QED) is 0.626. The fourth-order valence-electron chi connectivity index (χ4n) is 3.09. The minimum atomic E-state index is -0.0922. The second kappa shape index (κ2) is 9.59. The summed E-state index contributed by atoms with van der Waals surface area (Å²) in [6.07, 6.45) is 1.68. The molecule has 4 heteroatoms. The SMILES string of the molecule is CC(C)CC(C(=O)NCNC(=O)C(CC(C)(C)C)C(C)C)C(C)(C)C. The Bertz CT molecular complexity index is 428. The molecule has 0 aliphatic rings. The maximum absolute atomic E-state index is 12.6. The Morgan fingerprint density at radius 1 is 0.840 bits per heavy atom. The summed E-state index contributed by atoms with van der Waals surface area (Å²) >= 11 is 0. The topological polar surface area (TPSA) is 58.2 Å². The maximum Gasteiger partial charge on any atom is 0.225 e. The van der Waals surface area contributed by atoms with Crippen molar-refractivity contribution >= 4 is 11.8 Å². The molecule has 148 valence electrons. The van der Waals surface area contributed by atoms with Crippen LogP contribution in [0.4, 0.5) is 0 Å². The van der Waals surface area contributed by atoms with Gasteiger partial charge < -0.3 is 10.6 Å². The molecule has 2 atom stereocenters. The van der Waals surface area contributed by atoms with Crippen LogP contribution < -0.4 is 10.6 Å². The molecule has 0 rings (SSSR count). The summed E-state index contributed by atoms with van der Waals surface area (Å²) in [5.74, 6) is 0.700. The largest absolute Gasteiger partial charge is 0.338 e. The van der Waals surface area contributed by atoms with Crippen molar-refractivity contribution in [1.29, 1.82) is 0 Å². The third kappa shape index (κ3) is 9.86. The molecule has 2 N–H and O–H groups in total. The van der Waals surface area contributed by atoms with Crippen molar-refractivity contribution < 1.29 is 9.59 Å². The highest BCUT2D eigenvalue weighted by atomic mass is 16.2. The summed E-state index contributed by atoms with van der Waals surface area (Å²) in [6, 6.07) is 0. The van der Waals surface area contributed by atoms with Crippen LogP contribution in [0.2, 0.25) is 0 Å². The average Bonchev–Trinajstić information content (AvgIpc) is 2.39. The summed E-state index contributed by atoms with van der Waals surface area (Å²) in [6.45, 7) is 21.4. The number of carbonyl (C=O) groups excluding carboxylic acids is 2. The van der Waals surface area contributed by atoms with E-state index in [-0.39, 0.29) is 47.1 Å². The van der Waals surface area contributed by atoms with Crippen molar-refractivity contribution in [3.8, 4) is 0 Å². The van der Waals surface area contributed by atoms with Gasteiger partial charge in [-0.3, -0.25) is 9.59 Å². The molecule has 0 bridgehead atoms. The van der Waals surface area contributed by atoms with E-state index >= 15 is 0 Å². The second-order valence-electron chi connectivity index (χ2n) is 10.4. The zero-order valence-electron chi connectivity index (χ0n) is 18.2. The zero-order chi connectivity index (χ0) is 20.0. The van der Waals surface area contributed by atoms with E-state index in [1.165, 1.54) is 0 Å². The van der Waals surface area contributed by atoms with Gasteiger partial charge in [-0.25, -0.2) is 0 Å². The maximum atomic E-state index is 12.6. The van der Waals surface area contributed by atoms with Gasteiger partial charge in [0, 0.05) is 11.8 Å². The van der Waals surface area contributed by atoms with Gasteiger partial charge in [-0.1, -0.05) is 69.2 Å². The fourth-order valence-corrected chi connectivity index (χ4v) is 3.09. The summed E-state index contributed by atoms with van der Waals surface area (Å²) in [7, 11) is 0. The molecule has 0 aromatic heterocycles. The van der Waals surface area contributed by atoms with Gasteiger partial charge in [0.1, 0.15) is 0 Å². The van der Waals surface area contributed by atoms with E-state index in [0.717, 1.165) is 12.8 Å². The number of carbonyl (C=O) groups is 2. The molecule has 0 heterocycles. The first-order chi connectivity index (χ1) is 11.1. The Morgan fingerprint density at radius 2 is 1.32 bits per heavy atom. The van der Waals surface area contributed by atoms with E-state index in [0.29, 0.717) is 5.92 Å². The summed E-state index contributed by atoms with van der Waals surface area (Å²) in [4.78, 5) is 25.1. The minimum absolute atomic E-state index is 0.0263. The first-order valence-corrected chi connectivity index (χ1v) is 9.70. The van der Waals surface area contributed by atoms with Gasteiger partial charge in [0.15, 0.2) is 0 Å². The molecule has 25 heavy (non-hydrogen) atoms. The van der Waals surface area contributed by atoms with Crippen molar-refractivity contribution in [2.24, 2.45) is 34.5 Å². The first kappa shape index (κ1) is 23.9. The van der Waals surface area contributed by atoms with Crippen molar-refractivity contribution in [2.45, 2.75) is 82.1 Å². The fraction of sp³-hybridized carbons (Fsp3) is 0.905. The molecule has 0 saturated carbocycles. The Balaban J connectivity index is 4.70. The molecule has 0 radical (unpaired) electrons. The van der Waals surface area contributed by atoms with E-state index < -0.39 is 0 Å². The molecule has 2 unspecified atom stereocenters. The van der Waals surface area contributed by atoms with E-state index in [1.54, 1.807) is 0 Å². The van der Waals surface area contributed by atoms with Crippen LogP contribution in [0.15, 0.2) is 0 Å². The molecule has 0 saturated heterocycles. The summed E-state index contributed by atoms with van der Waals surface area (Å²) in [5, 5.41) is 5.82. The highest BCUT2D eigenvalue weighted by molar-refractivity contribution is 5.81. The lowest BCUT2D eigenvalue weighted by Crippen LogP contribution is -2.46. The van der Waals surface area contributed by atoms with E-state index in [2.05, 4.69) is 79.9 Å². The lowest BCUT2D eigenvalue weighted by Gasteiger charge is -2.31. The number of nitrogens with one attached hydrogen (secondary N) is 2. The molecule has 0 aromatic rings. The van der Waals surface area contributed by atoms with Gasteiger partial charge in [-0.05, 0) is 35.5 Å². The number of hydrogen-bond acceptors (Lipinski definition) is 2. The Labute approximate surface area is 155 Å². The number of amides is 2. The van der Waals surface area contributed by atoms with Crippen molar-refractivity contribution in [3.63, 3.8) is 0 Å². The second-order valence-corrected chi connectivity index (χ2v) is 10.4. The molecule has 0 spiro atoms. The first-order valence-electron chi connectivity index (χ1n) is 9.70. The normalized spacial score (nSPS) is 15.2. The predicted molar refractivity (Wildman–Crippen MR) is 106 cm³/mol. The van der Waals surface area contributed by atoms with Gasteiger partial charge in [0.25, 0.3) is 0 Å². The number of hydrogen-bond donors (Lipinski definition) is 2. The van der Waals surface area contributed by atoms with Crippen LogP contribution in [0.25, 0.3) is 0 Å². The van der Waals surface area contributed by atoms with E-state index in [4.69, 9.17) is 0 Å². The number of rotatable bonds is 8. The molecular weight excluding hydrogens is 312 g/mol. The molecule has 0 fully saturated rings. The van der Waals surface area contributed by atoms with Crippen LogP contribution >= 0.6 is 0 Å². The summed E-state index contributed by atoms with van der Waals surface area (Å²) < 4.78 is 0. The van der Waals surface area contributed by atoms with Crippen LogP contribution in [0.3, 0.4) is 0 Å². The Morgan fingerprint density at radius 3 is 1.68 bits per heavy atom. The molecule has 4 nitrogen and oxygen atoms in total. The molecule has 0 aromatic carbocycles. The van der Waals surface area contributed by atoms with Gasteiger partial charge in [-0.2, -0.15) is 0 Å². The van der Waals surface area contributed by atoms with Crippen molar-refractivity contribution in [1.82, 2.24) is 10.6 Å². The third-order valence-corrected chi connectivity index (χ3v) is 4.57. The van der Waals surface area contributed by atoms with Gasteiger partial charge in [-0.15, -0.1) is 0 Å². The van der Waals surface area contributed by atoms with Gasteiger partial charge in [0.2, 0.25) is 11.8 Å². The van der Waals surface area contributed by atoms with Gasteiger partial charge in [0.05, 0.1) is 6.67 Å². The molecule has 0 aliphatic carbocycles.